The molecule has 0 fully saturated rings. The second kappa shape index (κ2) is 5.33. The van der Waals surface area contributed by atoms with Crippen molar-refractivity contribution in [2.75, 3.05) is 10.5 Å². The zero-order valence-corrected chi connectivity index (χ0v) is 12.3. The van der Waals surface area contributed by atoms with Gasteiger partial charge in [-0.2, -0.15) is 0 Å². The Balaban J connectivity index is 2.45. The van der Waals surface area contributed by atoms with E-state index in [4.69, 9.17) is 5.73 Å². The van der Waals surface area contributed by atoms with Crippen molar-refractivity contribution in [3.63, 3.8) is 0 Å². The zero-order valence-electron chi connectivity index (χ0n) is 11.4. The minimum absolute atomic E-state index is 0.0195. The molecule has 0 bridgehead atoms. The monoisotopic (exact) mass is 312 g/mol. The second-order valence-electron chi connectivity index (χ2n) is 4.76. The van der Waals surface area contributed by atoms with Crippen LogP contribution in [-0.2, 0) is 10.0 Å². The van der Waals surface area contributed by atoms with Crippen LogP contribution in [0.25, 0.3) is 0 Å². The molecule has 0 saturated carbocycles. The van der Waals surface area contributed by atoms with Crippen molar-refractivity contribution >= 4 is 21.4 Å². The smallest absolute Gasteiger partial charge is 0.264 e. The molecule has 21 heavy (non-hydrogen) atoms. The van der Waals surface area contributed by atoms with Crippen LogP contribution >= 0.6 is 0 Å². The third-order valence-electron chi connectivity index (χ3n) is 2.90. The molecular weight excluding hydrogens is 298 g/mol. The Hall–Kier alpha value is -2.15. The summed E-state index contributed by atoms with van der Waals surface area (Å²) in [7, 11) is -4.19. The van der Waals surface area contributed by atoms with E-state index in [1.807, 2.05) is 0 Å². The molecule has 0 aliphatic carbocycles. The van der Waals surface area contributed by atoms with Crippen molar-refractivity contribution in [2.45, 2.75) is 18.7 Å². The number of nitrogens with one attached hydrogen (secondary N) is 1. The SMILES string of the molecule is Cc1cc(F)cc(NS(=O)(=O)c2cc(N)c(C)cc2F)c1. The van der Waals surface area contributed by atoms with E-state index in [0.717, 1.165) is 18.2 Å². The van der Waals surface area contributed by atoms with Gasteiger partial charge in [-0.1, -0.05) is 0 Å². The van der Waals surface area contributed by atoms with Crippen LogP contribution in [-0.4, -0.2) is 8.42 Å². The van der Waals surface area contributed by atoms with Gasteiger partial charge in [-0.25, -0.2) is 17.2 Å². The van der Waals surface area contributed by atoms with Gasteiger partial charge in [0.25, 0.3) is 10.0 Å². The predicted octanol–water partition coefficient (Wildman–Crippen LogP) is 2.96. The summed E-state index contributed by atoms with van der Waals surface area (Å²) >= 11 is 0. The fourth-order valence-corrected chi connectivity index (χ4v) is 3.02. The molecular formula is C14H14F2N2O2S. The average molecular weight is 312 g/mol. The predicted molar refractivity (Wildman–Crippen MR) is 77.5 cm³/mol. The maximum absolute atomic E-state index is 13.8. The maximum Gasteiger partial charge on any atom is 0.264 e. The van der Waals surface area contributed by atoms with Crippen LogP contribution in [0.5, 0.6) is 0 Å². The number of rotatable bonds is 3. The van der Waals surface area contributed by atoms with Gasteiger partial charge in [0, 0.05) is 5.69 Å². The van der Waals surface area contributed by atoms with E-state index in [1.165, 1.54) is 12.1 Å². The molecule has 7 heteroatoms. The molecule has 0 radical (unpaired) electrons. The fraction of sp³-hybridized carbons (Fsp3) is 0.143. The maximum atomic E-state index is 13.8. The summed E-state index contributed by atoms with van der Waals surface area (Å²) in [6, 6.07) is 5.79. The van der Waals surface area contributed by atoms with E-state index in [2.05, 4.69) is 4.72 Å². The van der Waals surface area contributed by atoms with Gasteiger partial charge >= 0.3 is 0 Å². The number of hydrogen-bond donors (Lipinski definition) is 2. The number of halogens is 2. The van der Waals surface area contributed by atoms with Crippen molar-refractivity contribution in [2.24, 2.45) is 0 Å². The first-order chi connectivity index (χ1) is 9.69. The molecule has 0 aliphatic heterocycles. The van der Waals surface area contributed by atoms with Crippen LogP contribution in [0.4, 0.5) is 20.2 Å². The topological polar surface area (TPSA) is 72.2 Å². The molecule has 0 aromatic heterocycles. The van der Waals surface area contributed by atoms with Crippen molar-refractivity contribution in [1.29, 1.82) is 0 Å². The number of aryl methyl sites for hydroxylation is 2. The van der Waals surface area contributed by atoms with E-state index in [1.54, 1.807) is 13.8 Å². The summed E-state index contributed by atoms with van der Waals surface area (Å²) in [6.07, 6.45) is 0. The first-order valence-electron chi connectivity index (χ1n) is 6.04. The van der Waals surface area contributed by atoms with Crippen LogP contribution in [0.15, 0.2) is 35.2 Å². The molecule has 112 valence electrons. The number of sulfonamides is 1. The minimum Gasteiger partial charge on any atom is -0.398 e. The fourth-order valence-electron chi connectivity index (χ4n) is 1.88. The number of anilines is 2. The zero-order chi connectivity index (χ0) is 15.8. The van der Waals surface area contributed by atoms with Crippen molar-refractivity contribution in [3.8, 4) is 0 Å². The van der Waals surface area contributed by atoms with Crippen LogP contribution in [0.2, 0.25) is 0 Å². The van der Waals surface area contributed by atoms with E-state index in [0.29, 0.717) is 11.1 Å². The molecule has 2 rings (SSSR count). The van der Waals surface area contributed by atoms with Crippen molar-refractivity contribution in [1.82, 2.24) is 0 Å². The van der Waals surface area contributed by atoms with Gasteiger partial charge in [0.2, 0.25) is 0 Å². The molecule has 0 saturated heterocycles. The van der Waals surface area contributed by atoms with Crippen molar-refractivity contribution < 1.29 is 17.2 Å². The molecule has 3 N–H and O–H groups in total. The summed E-state index contributed by atoms with van der Waals surface area (Å²) < 4.78 is 53.6. The van der Waals surface area contributed by atoms with E-state index in [9.17, 15) is 17.2 Å². The third kappa shape index (κ3) is 3.30. The Kier molecular flexibility index (Phi) is 3.87. The number of nitrogen functional groups attached to an aromatic ring is 1. The lowest BCUT2D eigenvalue weighted by atomic mass is 10.2. The summed E-state index contributed by atoms with van der Waals surface area (Å²) in [5, 5.41) is 0. The van der Waals surface area contributed by atoms with Gasteiger partial charge in [0.1, 0.15) is 16.5 Å². The summed E-state index contributed by atoms with van der Waals surface area (Å²) in [5.41, 5.74) is 6.76. The lowest BCUT2D eigenvalue weighted by molar-refractivity contribution is 0.570. The molecule has 0 unspecified atom stereocenters. The summed E-state index contributed by atoms with van der Waals surface area (Å²) in [6.45, 7) is 3.18. The van der Waals surface area contributed by atoms with Gasteiger partial charge in [-0.15, -0.1) is 0 Å². The standard InChI is InChI=1S/C14H14F2N2O2S/c1-8-3-10(15)6-11(4-8)18-21(19,20)14-7-13(17)9(2)5-12(14)16/h3-7,18H,17H2,1-2H3. The Morgan fingerprint density at radius 1 is 1.05 bits per heavy atom. The second-order valence-corrected chi connectivity index (χ2v) is 6.41. The van der Waals surface area contributed by atoms with Crippen LogP contribution in [0.1, 0.15) is 11.1 Å². The van der Waals surface area contributed by atoms with Crippen LogP contribution in [0, 0.1) is 25.5 Å². The molecule has 0 amide bonds. The molecule has 0 heterocycles. The van der Waals surface area contributed by atoms with E-state index in [-0.39, 0.29) is 11.4 Å². The highest BCUT2D eigenvalue weighted by molar-refractivity contribution is 7.92. The number of hydrogen-bond acceptors (Lipinski definition) is 3. The van der Waals surface area contributed by atoms with Gasteiger partial charge in [0.05, 0.1) is 5.69 Å². The number of nitrogens with two attached hydrogens (primary N) is 1. The molecule has 0 atom stereocenters. The minimum atomic E-state index is -4.19. The molecule has 2 aromatic carbocycles. The normalized spacial score (nSPS) is 11.4. The molecule has 0 aliphatic rings. The Morgan fingerprint density at radius 3 is 2.33 bits per heavy atom. The Morgan fingerprint density at radius 2 is 1.71 bits per heavy atom. The Bertz CT molecular complexity index is 785. The van der Waals surface area contributed by atoms with Gasteiger partial charge < -0.3 is 5.73 Å². The summed E-state index contributed by atoms with van der Waals surface area (Å²) in [4.78, 5) is -0.576. The van der Waals surface area contributed by atoms with E-state index < -0.39 is 26.6 Å². The largest absolute Gasteiger partial charge is 0.398 e. The average Bonchev–Trinajstić information content (AvgIpc) is 2.31. The highest BCUT2D eigenvalue weighted by Gasteiger charge is 2.21. The lowest BCUT2D eigenvalue weighted by Gasteiger charge is -2.11. The molecule has 2 aromatic rings. The third-order valence-corrected chi connectivity index (χ3v) is 4.30. The van der Waals surface area contributed by atoms with Crippen molar-refractivity contribution in [3.05, 3.63) is 53.1 Å². The van der Waals surface area contributed by atoms with Crippen LogP contribution < -0.4 is 10.5 Å². The van der Waals surface area contributed by atoms with Gasteiger partial charge in [-0.3, -0.25) is 4.72 Å². The van der Waals surface area contributed by atoms with Gasteiger partial charge in [0.15, 0.2) is 0 Å². The van der Waals surface area contributed by atoms with Gasteiger partial charge in [-0.05, 0) is 55.3 Å². The quantitative estimate of drug-likeness (QED) is 0.856. The Labute approximate surface area is 121 Å². The number of benzene rings is 2. The first kappa shape index (κ1) is 15.2. The first-order valence-corrected chi connectivity index (χ1v) is 7.53. The van der Waals surface area contributed by atoms with E-state index >= 15 is 0 Å². The van der Waals surface area contributed by atoms with Crippen LogP contribution in [0.3, 0.4) is 0 Å². The summed E-state index contributed by atoms with van der Waals surface area (Å²) in [5.74, 6) is -1.50. The highest BCUT2D eigenvalue weighted by atomic mass is 32.2. The molecule has 4 nitrogen and oxygen atoms in total. The highest BCUT2D eigenvalue weighted by Crippen LogP contribution is 2.24. The lowest BCUT2D eigenvalue weighted by Crippen LogP contribution is -2.15. The molecule has 0 spiro atoms.